The Labute approximate surface area is 254 Å². The largest absolute Gasteiger partial charge is 0.0925 e. The summed E-state index contributed by atoms with van der Waals surface area (Å²) in [6.45, 7) is 18.4. The fourth-order valence-corrected chi connectivity index (χ4v) is 5.73. The molecule has 0 nitrogen and oxygen atoms in total. The lowest BCUT2D eigenvalue weighted by molar-refractivity contribution is 0.306. The van der Waals surface area contributed by atoms with Crippen LogP contribution in [0.1, 0.15) is 197 Å². The van der Waals surface area contributed by atoms with Crippen molar-refractivity contribution in [3.05, 3.63) is 0 Å². The molecule has 0 bridgehead atoms. The first-order valence-electron chi connectivity index (χ1n) is 17.5. The fourth-order valence-electron chi connectivity index (χ4n) is 5.73. The molecular formula is C40H70. The van der Waals surface area contributed by atoms with Gasteiger partial charge in [-0.2, -0.15) is 0 Å². The Morgan fingerprint density at radius 1 is 0.450 bits per heavy atom. The Morgan fingerprint density at radius 2 is 0.850 bits per heavy atom. The van der Waals surface area contributed by atoms with E-state index in [4.69, 9.17) is 0 Å². The van der Waals surface area contributed by atoms with Gasteiger partial charge in [-0.25, -0.2) is 0 Å². The molecule has 0 aromatic carbocycles. The van der Waals surface area contributed by atoms with Crippen LogP contribution < -0.4 is 0 Å². The van der Waals surface area contributed by atoms with E-state index in [2.05, 4.69) is 84.0 Å². The summed E-state index contributed by atoms with van der Waals surface area (Å²) in [4.78, 5) is 0. The van der Waals surface area contributed by atoms with Gasteiger partial charge in [-0.3, -0.25) is 0 Å². The van der Waals surface area contributed by atoms with Gasteiger partial charge in [0, 0.05) is 5.92 Å². The van der Waals surface area contributed by atoms with Crippen LogP contribution in [0.4, 0.5) is 0 Å². The highest BCUT2D eigenvalue weighted by atomic mass is 14.2. The molecule has 2 atom stereocenters. The second kappa shape index (κ2) is 25.4. The summed E-state index contributed by atoms with van der Waals surface area (Å²) in [7, 11) is 0. The van der Waals surface area contributed by atoms with E-state index in [1.807, 2.05) is 6.92 Å². The normalized spacial score (nSPS) is 12.9. The van der Waals surface area contributed by atoms with Crippen molar-refractivity contribution in [3.8, 4) is 35.5 Å². The molecule has 2 unspecified atom stereocenters. The van der Waals surface area contributed by atoms with Crippen LogP contribution in [0.25, 0.3) is 0 Å². The Kier molecular flexibility index (Phi) is 24.6. The molecule has 0 aliphatic rings. The van der Waals surface area contributed by atoms with E-state index in [-0.39, 0.29) is 0 Å². The van der Waals surface area contributed by atoms with Crippen molar-refractivity contribution in [2.75, 3.05) is 0 Å². The van der Waals surface area contributed by atoms with Crippen LogP contribution in [-0.4, -0.2) is 0 Å². The topological polar surface area (TPSA) is 0 Å². The molecule has 0 fully saturated rings. The maximum atomic E-state index is 3.65. The van der Waals surface area contributed by atoms with Crippen LogP contribution in [0.5, 0.6) is 0 Å². The molecule has 0 saturated carbocycles. The standard InChI is InChI=1S/C40H70/c1-9-11-13-15-20-26-32-37(31-25-19-14-12-10-2)38(34-28-22-18-24-30-36-40(6,7)8)33-27-21-16-17-23-29-35-39(3,4)5/h37-38H,9,11,13,15-18,20-24,26-30,32-36H2,1-8H3. The molecule has 0 aromatic heterocycles. The number of rotatable bonds is 23. The smallest absolute Gasteiger partial charge is 0.0241 e. The van der Waals surface area contributed by atoms with E-state index < -0.39 is 0 Å². The minimum atomic E-state index is 0.478. The van der Waals surface area contributed by atoms with Crippen molar-refractivity contribution in [2.45, 2.75) is 197 Å². The summed E-state index contributed by atoms with van der Waals surface area (Å²) in [5, 5.41) is 0. The molecule has 0 aromatic rings. The SMILES string of the molecule is CC#CC#CC#CC(CCCCCCCC)C(CCCCCCCCC(C)(C)C)CCCCCCCC(C)(C)C. The van der Waals surface area contributed by atoms with E-state index in [9.17, 15) is 0 Å². The molecule has 0 rings (SSSR count). The van der Waals surface area contributed by atoms with Crippen molar-refractivity contribution >= 4 is 0 Å². The molecule has 0 heteroatoms. The van der Waals surface area contributed by atoms with E-state index in [0.717, 1.165) is 5.92 Å². The molecule has 40 heavy (non-hydrogen) atoms. The highest BCUT2D eigenvalue weighted by Gasteiger charge is 2.19. The molecule has 0 amide bonds. The summed E-state index contributed by atoms with van der Waals surface area (Å²) in [5.41, 5.74) is 0.963. The third-order valence-electron chi connectivity index (χ3n) is 8.26. The average Bonchev–Trinajstić information content (AvgIpc) is 2.88. The number of unbranched alkanes of at least 4 members (excludes halogenated alkanes) is 14. The van der Waals surface area contributed by atoms with Gasteiger partial charge in [0.1, 0.15) is 0 Å². The lowest BCUT2D eigenvalue weighted by atomic mass is 9.80. The Balaban J connectivity index is 4.95. The maximum Gasteiger partial charge on any atom is 0.0241 e. The maximum absolute atomic E-state index is 3.65. The molecule has 0 N–H and O–H groups in total. The van der Waals surface area contributed by atoms with E-state index in [1.54, 1.807) is 0 Å². The summed E-state index contributed by atoms with van der Waals surface area (Å²) in [6.07, 6.45) is 30.1. The van der Waals surface area contributed by atoms with Gasteiger partial charge in [0.25, 0.3) is 0 Å². The van der Waals surface area contributed by atoms with Gasteiger partial charge in [0.2, 0.25) is 0 Å². The van der Waals surface area contributed by atoms with E-state index in [1.165, 1.54) is 141 Å². The molecule has 0 heterocycles. The minimum Gasteiger partial charge on any atom is -0.0925 e. The zero-order valence-electron chi connectivity index (χ0n) is 28.7. The van der Waals surface area contributed by atoms with Gasteiger partial charge in [-0.15, -0.1) is 0 Å². The quantitative estimate of drug-likeness (QED) is 0.0876. The van der Waals surface area contributed by atoms with Gasteiger partial charge < -0.3 is 0 Å². The van der Waals surface area contributed by atoms with Crippen LogP contribution in [0, 0.1) is 58.2 Å². The lowest BCUT2D eigenvalue weighted by Crippen LogP contribution is -2.14. The van der Waals surface area contributed by atoms with Crippen molar-refractivity contribution < 1.29 is 0 Å². The van der Waals surface area contributed by atoms with Crippen molar-refractivity contribution in [1.29, 1.82) is 0 Å². The van der Waals surface area contributed by atoms with E-state index >= 15 is 0 Å². The fraction of sp³-hybridized carbons (Fsp3) is 0.850. The summed E-state index contributed by atoms with van der Waals surface area (Å²) in [6, 6.07) is 0. The van der Waals surface area contributed by atoms with Crippen molar-refractivity contribution in [3.63, 3.8) is 0 Å². The minimum absolute atomic E-state index is 0.478. The Hall–Kier alpha value is -1.32. The van der Waals surface area contributed by atoms with Crippen LogP contribution in [-0.2, 0) is 0 Å². The highest BCUT2D eigenvalue weighted by molar-refractivity contribution is 5.35. The molecule has 0 radical (unpaired) electrons. The Bertz CT molecular complexity index is 751. The van der Waals surface area contributed by atoms with Gasteiger partial charge in [0.05, 0.1) is 0 Å². The molecule has 0 aliphatic heterocycles. The molecule has 0 saturated heterocycles. The Morgan fingerprint density at radius 3 is 1.30 bits per heavy atom. The van der Waals surface area contributed by atoms with E-state index in [0.29, 0.717) is 16.7 Å². The molecule has 230 valence electrons. The average molecular weight is 551 g/mol. The second-order valence-electron chi connectivity index (χ2n) is 14.9. The predicted octanol–water partition coefficient (Wildman–Crippen LogP) is 12.9. The summed E-state index contributed by atoms with van der Waals surface area (Å²) in [5.74, 6) is 19.7. The van der Waals surface area contributed by atoms with Gasteiger partial charge in [-0.05, 0) is 79.5 Å². The number of hydrogen-bond donors (Lipinski definition) is 0. The summed E-state index contributed by atoms with van der Waals surface area (Å²) < 4.78 is 0. The van der Waals surface area contributed by atoms with Crippen LogP contribution in [0.3, 0.4) is 0 Å². The van der Waals surface area contributed by atoms with Crippen LogP contribution in [0.2, 0.25) is 0 Å². The first-order chi connectivity index (χ1) is 19.1. The zero-order chi connectivity index (χ0) is 30.0. The molecule has 0 aliphatic carbocycles. The third-order valence-corrected chi connectivity index (χ3v) is 8.26. The first-order valence-corrected chi connectivity index (χ1v) is 17.5. The summed E-state index contributed by atoms with van der Waals surface area (Å²) >= 11 is 0. The first kappa shape index (κ1) is 38.7. The third kappa shape index (κ3) is 28.2. The predicted molar refractivity (Wildman–Crippen MR) is 182 cm³/mol. The van der Waals surface area contributed by atoms with Crippen molar-refractivity contribution in [1.82, 2.24) is 0 Å². The second-order valence-corrected chi connectivity index (χ2v) is 14.9. The highest BCUT2D eigenvalue weighted by Crippen LogP contribution is 2.30. The number of hydrogen-bond acceptors (Lipinski definition) is 0. The monoisotopic (exact) mass is 551 g/mol. The molecule has 0 spiro atoms. The van der Waals surface area contributed by atoms with Gasteiger partial charge in [0.15, 0.2) is 0 Å². The van der Waals surface area contributed by atoms with Gasteiger partial charge in [-0.1, -0.05) is 169 Å². The van der Waals surface area contributed by atoms with Crippen LogP contribution >= 0.6 is 0 Å². The molecular weight excluding hydrogens is 480 g/mol. The lowest BCUT2D eigenvalue weighted by Gasteiger charge is -2.24. The van der Waals surface area contributed by atoms with Gasteiger partial charge >= 0.3 is 0 Å². The zero-order valence-corrected chi connectivity index (χ0v) is 28.7. The van der Waals surface area contributed by atoms with Crippen molar-refractivity contribution in [2.24, 2.45) is 22.7 Å². The van der Waals surface area contributed by atoms with Crippen LogP contribution in [0.15, 0.2) is 0 Å².